The molecular weight excluding hydrogens is 287 g/mol. The first-order valence-corrected chi connectivity index (χ1v) is 6.20. The molecule has 1 aromatic carbocycles. The van der Waals surface area contributed by atoms with Crippen molar-refractivity contribution in [1.29, 1.82) is 0 Å². The molecule has 0 aliphatic rings. The summed E-state index contributed by atoms with van der Waals surface area (Å²) >= 11 is 3.15. The Morgan fingerprint density at radius 3 is 2.59 bits per heavy atom. The van der Waals surface area contributed by atoms with Crippen molar-refractivity contribution in [2.45, 2.75) is 19.9 Å². The van der Waals surface area contributed by atoms with Gasteiger partial charge in [-0.15, -0.1) is 0 Å². The minimum atomic E-state index is -0.446. The highest BCUT2D eigenvalue weighted by molar-refractivity contribution is 9.10. The van der Waals surface area contributed by atoms with Gasteiger partial charge in [-0.25, -0.2) is 4.39 Å². The zero-order chi connectivity index (χ0) is 13.0. The number of carbonyl (C=O) groups is 1. The highest BCUT2D eigenvalue weighted by Gasteiger charge is 2.16. The van der Waals surface area contributed by atoms with Crippen LogP contribution in [-0.2, 0) is 0 Å². The summed E-state index contributed by atoms with van der Waals surface area (Å²) in [7, 11) is 0. The van der Waals surface area contributed by atoms with E-state index in [2.05, 4.69) is 21.2 Å². The molecule has 17 heavy (non-hydrogen) atoms. The first kappa shape index (κ1) is 14.1. The first-order chi connectivity index (χ1) is 7.93. The molecule has 0 aromatic heterocycles. The number of hydrogen-bond acceptors (Lipinski definition) is 2. The maximum atomic E-state index is 13.1. The predicted molar refractivity (Wildman–Crippen MR) is 69.2 cm³/mol. The van der Waals surface area contributed by atoms with E-state index in [0.29, 0.717) is 11.0 Å². The Morgan fingerprint density at radius 1 is 1.47 bits per heavy atom. The third kappa shape index (κ3) is 4.09. The van der Waals surface area contributed by atoms with Gasteiger partial charge in [-0.05, 0) is 24.1 Å². The van der Waals surface area contributed by atoms with Gasteiger partial charge in [0.15, 0.2) is 0 Å². The molecule has 0 radical (unpaired) electrons. The smallest absolute Gasteiger partial charge is 0.251 e. The highest BCUT2D eigenvalue weighted by atomic mass is 79.9. The van der Waals surface area contributed by atoms with Crippen molar-refractivity contribution < 1.29 is 9.18 Å². The molecule has 3 N–H and O–H groups in total. The summed E-state index contributed by atoms with van der Waals surface area (Å²) in [6, 6.07) is 3.98. The minimum Gasteiger partial charge on any atom is -0.348 e. The molecule has 94 valence electrons. The number of benzene rings is 1. The minimum absolute atomic E-state index is 0.107. The highest BCUT2D eigenvalue weighted by Crippen LogP contribution is 2.15. The van der Waals surface area contributed by atoms with Gasteiger partial charge >= 0.3 is 0 Å². The van der Waals surface area contributed by atoms with E-state index in [1.54, 1.807) is 6.07 Å². The van der Waals surface area contributed by atoms with Crippen LogP contribution < -0.4 is 11.1 Å². The van der Waals surface area contributed by atoms with Crippen molar-refractivity contribution in [2.24, 2.45) is 11.7 Å². The number of nitrogens with one attached hydrogen (secondary N) is 1. The summed E-state index contributed by atoms with van der Waals surface area (Å²) in [6.45, 7) is 4.30. The lowest BCUT2D eigenvalue weighted by Crippen LogP contribution is -2.43. The van der Waals surface area contributed by atoms with E-state index in [1.807, 2.05) is 13.8 Å². The maximum absolute atomic E-state index is 13.1. The Labute approximate surface area is 109 Å². The molecule has 1 atom stereocenters. The Bertz CT molecular complexity index is 389. The zero-order valence-corrected chi connectivity index (χ0v) is 11.4. The Kier molecular flexibility index (Phi) is 5.08. The van der Waals surface area contributed by atoms with Gasteiger partial charge in [0.25, 0.3) is 5.91 Å². The third-order valence-corrected chi connectivity index (χ3v) is 2.96. The summed E-state index contributed by atoms with van der Waals surface area (Å²) in [6.07, 6.45) is 0. The molecule has 5 heteroatoms. The molecule has 1 rings (SSSR count). The summed E-state index contributed by atoms with van der Waals surface area (Å²) in [5.74, 6) is -0.520. The van der Waals surface area contributed by atoms with Gasteiger partial charge < -0.3 is 11.1 Å². The Balaban J connectivity index is 2.82. The lowest BCUT2D eigenvalue weighted by Gasteiger charge is -2.20. The number of rotatable bonds is 4. The normalized spacial score (nSPS) is 12.6. The predicted octanol–water partition coefficient (Wildman–Crippen LogP) is 2.30. The quantitative estimate of drug-likeness (QED) is 0.897. The average molecular weight is 303 g/mol. The van der Waals surface area contributed by atoms with Crippen molar-refractivity contribution in [1.82, 2.24) is 5.32 Å². The van der Waals surface area contributed by atoms with Crippen LogP contribution in [-0.4, -0.2) is 18.5 Å². The van der Waals surface area contributed by atoms with Gasteiger partial charge in [0.1, 0.15) is 5.82 Å². The summed E-state index contributed by atoms with van der Waals surface area (Å²) in [5.41, 5.74) is 5.85. The van der Waals surface area contributed by atoms with E-state index in [4.69, 9.17) is 5.73 Å². The monoisotopic (exact) mass is 302 g/mol. The summed E-state index contributed by atoms with van der Waals surface area (Å²) in [4.78, 5) is 11.9. The fourth-order valence-electron chi connectivity index (χ4n) is 1.43. The van der Waals surface area contributed by atoms with Crippen molar-refractivity contribution in [3.8, 4) is 0 Å². The van der Waals surface area contributed by atoms with Crippen molar-refractivity contribution in [3.63, 3.8) is 0 Å². The number of carbonyl (C=O) groups excluding carboxylic acids is 1. The van der Waals surface area contributed by atoms with Gasteiger partial charge in [-0.1, -0.05) is 29.8 Å². The van der Waals surface area contributed by atoms with Crippen LogP contribution >= 0.6 is 15.9 Å². The maximum Gasteiger partial charge on any atom is 0.251 e. The molecule has 3 nitrogen and oxygen atoms in total. The molecule has 0 spiro atoms. The molecular formula is C12H16BrFN2O. The van der Waals surface area contributed by atoms with Gasteiger partial charge in [0.2, 0.25) is 0 Å². The molecule has 0 bridgehead atoms. The van der Waals surface area contributed by atoms with Gasteiger partial charge in [0, 0.05) is 22.6 Å². The van der Waals surface area contributed by atoms with Crippen LogP contribution in [0.25, 0.3) is 0 Å². The fraction of sp³-hybridized carbons (Fsp3) is 0.417. The number of halogens is 2. The second-order valence-electron chi connectivity index (χ2n) is 4.22. The van der Waals surface area contributed by atoms with Gasteiger partial charge in [-0.3, -0.25) is 4.79 Å². The summed E-state index contributed by atoms with van der Waals surface area (Å²) in [5, 5.41) is 2.79. The third-order valence-electron chi connectivity index (χ3n) is 2.50. The lowest BCUT2D eigenvalue weighted by atomic mass is 10.0. The SMILES string of the molecule is CC(C)C(CN)NC(=O)c1cc(F)cc(Br)c1. The van der Waals surface area contributed by atoms with Crippen LogP contribution in [0.1, 0.15) is 24.2 Å². The zero-order valence-electron chi connectivity index (χ0n) is 9.84. The molecule has 0 saturated heterocycles. The largest absolute Gasteiger partial charge is 0.348 e. The van der Waals surface area contributed by atoms with Gasteiger partial charge in [0.05, 0.1) is 0 Å². The van der Waals surface area contributed by atoms with Crippen LogP contribution in [0.2, 0.25) is 0 Å². The first-order valence-electron chi connectivity index (χ1n) is 5.41. The van der Waals surface area contributed by atoms with E-state index in [1.165, 1.54) is 12.1 Å². The van der Waals surface area contributed by atoms with E-state index in [-0.39, 0.29) is 23.4 Å². The molecule has 0 fully saturated rings. The molecule has 0 heterocycles. The molecule has 0 saturated carbocycles. The van der Waals surface area contributed by atoms with Crippen LogP contribution in [0.3, 0.4) is 0 Å². The van der Waals surface area contributed by atoms with E-state index in [0.717, 1.165) is 0 Å². The van der Waals surface area contributed by atoms with Crippen molar-refractivity contribution >= 4 is 21.8 Å². The fourth-order valence-corrected chi connectivity index (χ4v) is 1.90. The average Bonchev–Trinajstić information content (AvgIpc) is 2.23. The van der Waals surface area contributed by atoms with Crippen molar-refractivity contribution in [2.75, 3.05) is 6.54 Å². The van der Waals surface area contributed by atoms with Crippen LogP contribution in [0.15, 0.2) is 22.7 Å². The topological polar surface area (TPSA) is 55.1 Å². The van der Waals surface area contributed by atoms with Crippen LogP contribution in [0, 0.1) is 11.7 Å². The Hall–Kier alpha value is -0.940. The number of hydrogen-bond donors (Lipinski definition) is 2. The van der Waals surface area contributed by atoms with E-state index < -0.39 is 5.82 Å². The van der Waals surface area contributed by atoms with Crippen molar-refractivity contribution in [3.05, 3.63) is 34.1 Å². The Morgan fingerprint density at radius 2 is 2.12 bits per heavy atom. The van der Waals surface area contributed by atoms with E-state index in [9.17, 15) is 9.18 Å². The number of nitrogens with two attached hydrogens (primary N) is 1. The molecule has 1 aromatic rings. The van der Waals surface area contributed by atoms with Crippen LogP contribution in [0.4, 0.5) is 4.39 Å². The molecule has 1 amide bonds. The second kappa shape index (κ2) is 6.12. The second-order valence-corrected chi connectivity index (χ2v) is 5.13. The lowest BCUT2D eigenvalue weighted by molar-refractivity contribution is 0.0927. The van der Waals surface area contributed by atoms with Crippen LogP contribution in [0.5, 0.6) is 0 Å². The standard InChI is InChI=1S/C12H16BrFN2O/c1-7(2)11(6-15)16-12(17)8-3-9(13)5-10(14)4-8/h3-5,7,11H,6,15H2,1-2H3,(H,16,17). The van der Waals surface area contributed by atoms with E-state index >= 15 is 0 Å². The molecule has 0 aliphatic heterocycles. The van der Waals surface area contributed by atoms with Gasteiger partial charge in [-0.2, -0.15) is 0 Å². The number of amides is 1. The summed E-state index contributed by atoms with van der Waals surface area (Å²) < 4.78 is 13.7. The molecule has 0 aliphatic carbocycles. The molecule has 1 unspecified atom stereocenters.